The number of carbonyl (C=O) groups is 1. The molecular formula is C13H22N2O2. The number of hydrogen-bond acceptors (Lipinski definition) is 4. The lowest BCUT2D eigenvalue weighted by Gasteiger charge is -2.39. The van der Waals surface area contributed by atoms with E-state index in [4.69, 9.17) is 4.74 Å². The van der Waals surface area contributed by atoms with Crippen LogP contribution >= 0.6 is 0 Å². The molecule has 96 valence electrons. The van der Waals surface area contributed by atoms with Crippen molar-refractivity contribution in [1.82, 2.24) is 9.80 Å². The monoisotopic (exact) mass is 238 g/mol. The van der Waals surface area contributed by atoms with Crippen LogP contribution in [-0.2, 0) is 9.53 Å². The maximum atomic E-state index is 11.8. The molecule has 3 aliphatic heterocycles. The van der Waals surface area contributed by atoms with E-state index in [-0.39, 0.29) is 5.92 Å². The molecule has 3 saturated heterocycles. The van der Waals surface area contributed by atoms with E-state index in [1.54, 1.807) is 0 Å². The first kappa shape index (κ1) is 11.6. The molecule has 0 bridgehead atoms. The molecule has 0 amide bonds. The van der Waals surface area contributed by atoms with E-state index in [2.05, 4.69) is 9.80 Å². The van der Waals surface area contributed by atoms with Gasteiger partial charge in [0.25, 0.3) is 0 Å². The lowest BCUT2D eigenvalue weighted by atomic mass is 9.99. The van der Waals surface area contributed by atoms with Crippen LogP contribution in [0.3, 0.4) is 0 Å². The summed E-state index contributed by atoms with van der Waals surface area (Å²) in [6.07, 6.45) is 3.31. The van der Waals surface area contributed by atoms with Crippen LogP contribution in [-0.4, -0.2) is 67.6 Å². The first-order valence-corrected chi connectivity index (χ1v) is 6.90. The Kier molecular flexibility index (Phi) is 3.45. The number of ether oxygens (including phenoxy) is 1. The number of carbonyl (C=O) groups excluding carboxylic acids is 1. The van der Waals surface area contributed by atoms with Crippen molar-refractivity contribution >= 4 is 5.78 Å². The Bertz CT molecular complexity index is 295. The molecule has 2 atom stereocenters. The van der Waals surface area contributed by atoms with Gasteiger partial charge in [-0.1, -0.05) is 0 Å². The standard InChI is InChI=1S/C13H22N2O2/c16-13-3-7-17-10-11(13)8-14-5-6-15-4-1-2-12(15)9-14/h11-12H,1-10H2. The molecule has 0 aromatic rings. The maximum Gasteiger partial charge on any atom is 0.141 e. The molecule has 0 N–H and O–H groups in total. The number of fused-ring (bicyclic) bond motifs is 1. The van der Waals surface area contributed by atoms with Gasteiger partial charge in [0.15, 0.2) is 0 Å². The first-order chi connectivity index (χ1) is 8.33. The van der Waals surface area contributed by atoms with Gasteiger partial charge in [-0.05, 0) is 19.4 Å². The van der Waals surface area contributed by atoms with Crippen molar-refractivity contribution in [3.63, 3.8) is 0 Å². The lowest BCUT2D eigenvalue weighted by molar-refractivity contribution is -0.131. The summed E-state index contributed by atoms with van der Waals surface area (Å²) in [4.78, 5) is 16.9. The molecule has 0 radical (unpaired) electrons. The largest absolute Gasteiger partial charge is 0.380 e. The van der Waals surface area contributed by atoms with Gasteiger partial charge in [-0.15, -0.1) is 0 Å². The highest BCUT2D eigenvalue weighted by Gasteiger charge is 2.33. The molecular weight excluding hydrogens is 216 g/mol. The fraction of sp³-hybridized carbons (Fsp3) is 0.923. The maximum absolute atomic E-state index is 11.8. The molecule has 4 nitrogen and oxygen atoms in total. The van der Waals surface area contributed by atoms with Gasteiger partial charge in [0.1, 0.15) is 5.78 Å². The third kappa shape index (κ3) is 2.54. The Hall–Kier alpha value is -0.450. The summed E-state index contributed by atoms with van der Waals surface area (Å²) in [5.41, 5.74) is 0. The van der Waals surface area contributed by atoms with Gasteiger partial charge in [0.05, 0.1) is 19.1 Å². The Balaban J connectivity index is 1.53. The summed E-state index contributed by atoms with van der Waals surface area (Å²) < 4.78 is 5.42. The number of piperazine rings is 1. The molecule has 3 heterocycles. The summed E-state index contributed by atoms with van der Waals surface area (Å²) in [6.45, 7) is 6.94. The zero-order valence-electron chi connectivity index (χ0n) is 10.4. The van der Waals surface area contributed by atoms with Crippen LogP contribution < -0.4 is 0 Å². The zero-order chi connectivity index (χ0) is 11.7. The zero-order valence-corrected chi connectivity index (χ0v) is 10.4. The van der Waals surface area contributed by atoms with Crippen LogP contribution in [0.1, 0.15) is 19.3 Å². The van der Waals surface area contributed by atoms with Crippen LogP contribution in [0.15, 0.2) is 0 Å². The van der Waals surface area contributed by atoms with Crippen LogP contribution in [0.2, 0.25) is 0 Å². The second kappa shape index (κ2) is 5.04. The van der Waals surface area contributed by atoms with E-state index in [0.717, 1.165) is 25.7 Å². The molecule has 0 spiro atoms. The Morgan fingerprint density at radius 3 is 3.12 bits per heavy atom. The molecule has 0 aliphatic carbocycles. The number of ketones is 1. The highest BCUT2D eigenvalue weighted by atomic mass is 16.5. The molecule has 2 unspecified atom stereocenters. The molecule has 0 aromatic heterocycles. The van der Waals surface area contributed by atoms with Crippen LogP contribution in [0.25, 0.3) is 0 Å². The van der Waals surface area contributed by atoms with Gasteiger partial charge in [0, 0.05) is 38.6 Å². The summed E-state index contributed by atoms with van der Waals surface area (Å²) in [5, 5.41) is 0. The third-order valence-corrected chi connectivity index (χ3v) is 4.42. The topological polar surface area (TPSA) is 32.8 Å². The van der Waals surface area contributed by atoms with Crippen molar-refractivity contribution in [2.24, 2.45) is 5.92 Å². The second-order valence-electron chi connectivity index (χ2n) is 5.58. The van der Waals surface area contributed by atoms with E-state index in [1.807, 2.05) is 0 Å². The van der Waals surface area contributed by atoms with E-state index < -0.39 is 0 Å². The van der Waals surface area contributed by atoms with Gasteiger partial charge in [-0.2, -0.15) is 0 Å². The second-order valence-corrected chi connectivity index (χ2v) is 5.58. The number of hydrogen-bond donors (Lipinski definition) is 0. The van der Waals surface area contributed by atoms with Gasteiger partial charge in [0.2, 0.25) is 0 Å². The molecule has 4 heteroatoms. The normalized spacial score (nSPS) is 36.1. The summed E-state index contributed by atoms with van der Waals surface area (Å²) in [6, 6.07) is 0.753. The molecule has 0 aromatic carbocycles. The Morgan fingerprint density at radius 1 is 1.29 bits per heavy atom. The number of nitrogens with zero attached hydrogens (tertiary/aromatic N) is 2. The number of rotatable bonds is 2. The average molecular weight is 238 g/mol. The molecule has 3 fully saturated rings. The van der Waals surface area contributed by atoms with Crippen LogP contribution in [0.5, 0.6) is 0 Å². The Morgan fingerprint density at radius 2 is 2.24 bits per heavy atom. The molecule has 17 heavy (non-hydrogen) atoms. The predicted octanol–water partition coefficient (Wildman–Crippen LogP) is 0.372. The minimum absolute atomic E-state index is 0.136. The average Bonchev–Trinajstić information content (AvgIpc) is 2.79. The summed E-state index contributed by atoms with van der Waals surface area (Å²) in [7, 11) is 0. The predicted molar refractivity (Wildman–Crippen MR) is 65.0 cm³/mol. The minimum atomic E-state index is 0.136. The SMILES string of the molecule is O=C1CCOCC1CN1CCN2CCCC2C1. The smallest absolute Gasteiger partial charge is 0.141 e. The quantitative estimate of drug-likeness (QED) is 0.696. The fourth-order valence-electron chi connectivity index (χ4n) is 3.38. The third-order valence-electron chi connectivity index (χ3n) is 4.42. The molecule has 3 aliphatic rings. The molecule has 0 saturated carbocycles. The van der Waals surface area contributed by atoms with Crippen molar-refractivity contribution < 1.29 is 9.53 Å². The van der Waals surface area contributed by atoms with Crippen molar-refractivity contribution in [2.45, 2.75) is 25.3 Å². The minimum Gasteiger partial charge on any atom is -0.380 e. The highest BCUT2D eigenvalue weighted by Crippen LogP contribution is 2.22. The van der Waals surface area contributed by atoms with Crippen molar-refractivity contribution in [2.75, 3.05) is 45.9 Å². The van der Waals surface area contributed by atoms with Gasteiger partial charge in [-0.25, -0.2) is 0 Å². The van der Waals surface area contributed by atoms with Crippen LogP contribution in [0, 0.1) is 5.92 Å². The lowest BCUT2D eigenvalue weighted by Crippen LogP contribution is -2.52. The van der Waals surface area contributed by atoms with Gasteiger partial charge in [-0.3, -0.25) is 14.6 Å². The van der Waals surface area contributed by atoms with E-state index >= 15 is 0 Å². The van der Waals surface area contributed by atoms with Crippen molar-refractivity contribution in [3.8, 4) is 0 Å². The van der Waals surface area contributed by atoms with Gasteiger partial charge < -0.3 is 4.74 Å². The van der Waals surface area contributed by atoms with Crippen molar-refractivity contribution in [1.29, 1.82) is 0 Å². The molecule has 3 rings (SSSR count). The van der Waals surface area contributed by atoms with E-state index in [9.17, 15) is 4.79 Å². The highest BCUT2D eigenvalue weighted by molar-refractivity contribution is 5.82. The van der Waals surface area contributed by atoms with E-state index in [0.29, 0.717) is 25.4 Å². The Labute approximate surface area is 103 Å². The summed E-state index contributed by atoms with van der Waals surface area (Å²) >= 11 is 0. The van der Waals surface area contributed by atoms with Crippen LogP contribution in [0.4, 0.5) is 0 Å². The number of Topliss-reactive ketones (excluding diaryl/α,β-unsaturated/α-hetero) is 1. The van der Waals surface area contributed by atoms with E-state index in [1.165, 1.54) is 25.9 Å². The first-order valence-electron chi connectivity index (χ1n) is 6.90. The van der Waals surface area contributed by atoms with Gasteiger partial charge >= 0.3 is 0 Å². The fourth-order valence-corrected chi connectivity index (χ4v) is 3.38. The van der Waals surface area contributed by atoms with Crippen molar-refractivity contribution in [3.05, 3.63) is 0 Å². The summed E-state index contributed by atoms with van der Waals surface area (Å²) in [5.74, 6) is 0.543.